The minimum atomic E-state index is -4.83. The maximum atomic E-state index is 13.8. The molecule has 1 aliphatic heterocycles. The zero-order valence-electron chi connectivity index (χ0n) is 18.1. The Bertz CT molecular complexity index is 1340. The molecule has 184 valence electrons. The van der Waals surface area contributed by atoms with E-state index in [1.165, 1.54) is 6.07 Å². The highest BCUT2D eigenvalue weighted by molar-refractivity contribution is 14.2. The summed E-state index contributed by atoms with van der Waals surface area (Å²) in [5.74, 6) is 0.476. The molecule has 0 saturated heterocycles. The first-order chi connectivity index (χ1) is 16.8. The van der Waals surface area contributed by atoms with E-state index < -0.39 is 28.8 Å². The van der Waals surface area contributed by atoms with Crippen LogP contribution in [0.25, 0.3) is 5.57 Å². The van der Waals surface area contributed by atoms with E-state index in [9.17, 15) is 13.8 Å². The topological polar surface area (TPSA) is 147 Å². The van der Waals surface area contributed by atoms with Gasteiger partial charge in [0.05, 0.1) is 15.0 Å². The Morgan fingerprint density at radius 3 is 2.86 bits per heavy atom. The molecule has 0 radical (unpaired) electrons. The Balaban J connectivity index is 1.41. The van der Waals surface area contributed by atoms with Crippen molar-refractivity contribution in [3.05, 3.63) is 95.4 Å². The molecule has 4 rings (SSSR count). The summed E-state index contributed by atoms with van der Waals surface area (Å²) in [7, 11) is -4.83. The van der Waals surface area contributed by atoms with Crippen LogP contribution in [-0.4, -0.2) is 28.5 Å². The van der Waals surface area contributed by atoms with Crippen molar-refractivity contribution in [3.63, 3.8) is 0 Å². The summed E-state index contributed by atoms with van der Waals surface area (Å²) in [6.07, 6.45) is 5.39. The van der Waals surface area contributed by atoms with Crippen molar-refractivity contribution in [2.45, 2.75) is 13.0 Å². The standard InChI is InChI=1S/C22H21FIN4O6P/c23-19-8-2-1-5-15(19)13-32-21-9-3-6-16(26-21)11-17-12-20(34-27-17)18-7-4-10-28(24-22(18)25)14-33-35(29,30)31/h1-10,12H,11,13-14,25H2,(H2,29,30,31)/p-1. The van der Waals surface area contributed by atoms with Crippen LogP contribution in [0.1, 0.15) is 22.7 Å². The highest BCUT2D eigenvalue weighted by Gasteiger charge is 2.16. The summed E-state index contributed by atoms with van der Waals surface area (Å²) in [6.45, 7) is -0.282. The van der Waals surface area contributed by atoms with E-state index in [0.717, 1.165) is 0 Å². The number of hydrogen-bond acceptors (Lipinski definition) is 9. The lowest BCUT2D eigenvalue weighted by molar-refractivity contribution is -0.221. The van der Waals surface area contributed by atoms with Crippen LogP contribution in [0, 0.1) is 5.82 Å². The Labute approximate surface area is 210 Å². The molecule has 1 aliphatic rings. The first-order valence-electron chi connectivity index (χ1n) is 10.2. The molecule has 35 heavy (non-hydrogen) atoms. The molecule has 0 amide bonds. The molecule has 3 N–H and O–H groups in total. The number of nitrogens with two attached hydrogens (primary N) is 1. The minimum absolute atomic E-state index is 0.0594. The van der Waals surface area contributed by atoms with Crippen molar-refractivity contribution in [1.82, 2.24) is 13.3 Å². The molecular formula is C22H20FIN4O6P-. The summed E-state index contributed by atoms with van der Waals surface area (Å²) < 4.78 is 42.3. The van der Waals surface area contributed by atoms with Crippen LogP contribution in [0.4, 0.5) is 4.39 Å². The van der Waals surface area contributed by atoms with Gasteiger partial charge in [-0.15, -0.1) is 0 Å². The summed E-state index contributed by atoms with van der Waals surface area (Å²) in [5, 5.41) is 4.10. The van der Waals surface area contributed by atoms with Crippen molar-refractivity contribution >= 4 is 38.0 Å². The Hall–Kier alpha value is -2.74. The SMILES string of the molecule is NC1=IN(COP(=O)([O-])O)C=CC=C1c1cc(Cc2cccc(OCc3ccccc3F)n2)no1. The highest BCUT2D eigenvalue weighted by atomic mass is 127. The average molecular weight is 613 g/mol. The van der Waals surface area contributed by atoms with Gasteiger partial charge in [-0.05, 0) is 24.3 Å². The van der Waals surface area contributed by atoms with Gasteiger partial charge in [0.1, 0.15) is 19.2 Å². The van der Waals surface area contributed by atoms with E-state index in [1.807, 2.05) is 6.07 Å². The van der Waals surface area contributed by atoms with Crippen LogP contribution >= 0.6 is 28.8 Å². The van der Waals surface area contributed by atoms with Crippen LogP contribution in [0.5, 0.6) is 5.88 Å². The number of rotatable bonds is 9. The Morgan fingerprint density at radius 2 is 2.06 bits per heavy atom. The molecule has 0 saturated carbocycles. The first kappa shape index (κ1) is 25.4. The molecule has 1 aromatic carbocycles. The molecule has 3 heterocycles. The van der Waals surface area contributed by atoms with Gasteiger partial charge in [-0.2, -0.15) is 0 Å². The quantitative estimate of drug-likeness (QED) is 0.210. The summed E-state index contributed by atoms with van der Waals surface area (Å²) >= 11 is -1.000. The largest absolute Gasteiger partial charge is 0.756 e. The first-order valence-corrected chi connectivity index (χ1v) is 13.7. The van der Waals surface area contributed by atoms with Crippen LogP contribution in [0.2, 0.25) is 0 Å². The van der Waals surface area contributed by atoms with Gasteiger partial charge in [0.25, 0.3) is 7.82 Å². The third kappa shape index (κ3) is 7.37. The van der Waals surface area contributed by atoms with Crippen LogP contribution < -0.4 is 15.4 Å². The second kappa shape index (κ2) is 11.3. The number of ether oxygens (including phenoxy) is 1. The molecule has 2 aromatic heterocycles. The fourth-order valence-corrected chi connectivity index (χ4v) is 5.50. The van der Waals surface area contributed by atoms with Crippen molar-refractivity contribution in [2.75, 3.05) is 6.73 Å². The van der Waals surface area contributed by atoms with Gasteiger partial charge in [0.2, 0.25) is 5.88 Å². The third-order valence-corrected chi connectivity index (χ3v) is 7.38. The Morgan fingerprint density at radius 1 is 1.23 bits per heavy atom. The van der Waals surface area contributed by atoms with Gasteiger partial charge < -0.3 is 22.2 Å². The molecule has 1 atom stereocenters. The fourth-order valence-electron chi connectivity index (χ4n) is 3.01. The second-order valence-electron chi connectivity index (χ2n) is 7.19. The van der Waals surface area contributed by atoms with Gasteiger partial charge in [0, 0.05) is 56.9 Å². The van der Waals surface area contributed by atoms with E-state index in [2.05, 4.69) is 14.7 Å². The number of halogens is 2. The van der Waals surface area contributed by atoms with Crippen LogP contribution in [0.15, 0.2) is 71.4 Å². The molecule has 0 fully saturated rings. The van der Waals surface area contributed by atoms with Crippen LogP contribution in [-0.2, 0) is 22.1 Å². The van der Waals surface area contributed by atoms with Gasteiger partial charge in [-0.25, -0.2) is 9.37 Å². The van der Waals surface area contributed by atoms with Gasteiger partial charge >= 0.3 is 0 Å². The lowest BCUT2D eigenvalue weighted by Gasteiger charge is -2.20. The predicted molar refractivity (Wildman–Crippen MR) is 132 cm³/mol. The van der Waals surface area contributed by atoms with Gasteiger partial charge in [-0.3, -0.25) is 14.8 Å². The lowest BCUT2D eigenvalue weighted by Crippen LogP contribution is -2.16. The molecule has 0 bridgehead atoms. The van der Waals surface area contributed by atoms with Crippen molar-refractivity contribution in [3.8, 4) is 5.88 Å². The molecular weight excluding hydrogens is 593 g/mol. The van der Waals surface area contributed by atoms with Gasteiger partial charge in [-0.1, -0.05) is 29.4 Å². The monoisotopic (exact) mass is 613 g/mol. The fraction of sp³-hybridized carbons (Fsp3) is 0.136. The van der Waals surface area contributed by atoms with E-state index in [0.29, 0.717) is 44.2 Å². The number of pyridine rings is 1. The molecule has 0 spiro atoms. The Kier molecular flexibility index (Phi) is 8.21. The normalized spacial score (nSPS) is 15.5. The zero-order valence-corrected chi connectivity index (χ0v) is 21.1. The molecule has 0 aliphatic carbocycles. The molecule has 13 heteroatoms. The zero-order chi connectivity index (χ0) is 24.8. The van der Waals surface area contributed by atoms with Crippen molar-refractivity contribution in [2.24, 2.45) is 5.73 Å². The number of aromatic nitrogens is 2. The number of benzene rings is 1. The van der Waals surface area contributed by atoms with Crippen LogP contribution in [0.3, 0.4) is 0 Å². The second-order valence-corrected chi connectivity index (χ2v) is 11.3. The van der Waals surface area contributed by atoms with E-state index >= 15 is 0 Å². The molecule has 1 unspecified atom stereocenters. The van der Waals surface area contributed by atoms with Gasteiger partial charge in [0.15, 0.2) is 5.76 Å². The van der Waals surface area contributed by atoms with Crippen molar-refractivity contribution in [1.29, 1.82) is 0 Å². The lowest BCUT2D eigenvalue weighted by atomic mass is 10.1. The summed E-state index contributed by atoms with van der Waals surface area (Å²) in [5.41, 5.74) is 8.58. The molecule has 3 aromatic rings. The number of phosphoric ester groups is 1. The smallest absolute Gasteiger partial charge is 0.267 e. The predicted octanol–water partition coefficient (Wildman–Crippen LogP) is 3.00. The maximum Gasteiger partial charge on any atom is 0.267 e. The number of hydrogen-bond donors (Lipinski definition) is 2. The van der Waals surface area contributed by atoms with E-state index in [1.54, 1.807) is 57.9 Å². The minimum Gasteiger partial charge on any atom is -0.756 e. The number of nitrogens with zero attached hydrogens (tertiary/aromatic N) is 3. The molecule has 10 nitrogen and oxygen atoms in total. The summed E-state index contributed by atoms with van der Waals surface area (Å²) in [6, 6.07) is 13.4. The maximum absolute atomic E-state index is 13.8. The van der Waals surface area contributed by atoms with Crippen molar-refractivity contribution < 1.29 is 32.5 Å². The highest BCUT2D eigenvalue weighted by Crippen LogP contribution is 2.32. The number of allylic oxidation sites excluding steroid dienone is 2. The van der Waals surface area contributed by atoms with E-state index in [4.69, 9.17) is 19.9 Å². The van der Waals surface area contributed by atoms with E-state index in [-0.39, 0.29) is 19.2 Å². The third-order valence-electron chi connectivity index (χ3n) is 4.61. The number of phosphoric acid groups is 1. The average Bonchev–Trinajstić information content (AvgIpc) is 3.18. The summed E-state index contributed by atoms with van der Waals surface area (Å²) in [4.78, 5) is 24.1.